The molecule has 0 amide bonds. The van der Waals surface area contributed by atoms with Crippen LogP contribution in [0.2, 0.25) is 0 Å². The molecule has 708 valence electrons. The molecule has 1 aliphatic heterocycles. The van der Waals surface area contributed by atoms with Gasteiger partial charge in [0.25, 0.3) is 0 Å². The van der Waals surface area contributed by atoms with E-state index in [9.17, 15) is 28.8 Å². The molecule has 5 unspecified atom stereocenters. The van der Waals surface area contributed by atoms with E-state index in [-0.39, 0.29) is 47.7 Å². The van der Waals surface area contributed by atoms with Gasteiger partial charge in [0.15, 0.2) is 0 Å². The van der Waals surface area contributed by atoms with Gasteiger partial charge in [0.2, 0.25) is 0 Å². The van der Waals surface area contributed by atoms with Crippen LogP contribution in [0.25, 0.3) is 0 Å². The van der Waals surface area contributed by atoms with Crippen molar-refractivity contribution in [2.75, 3.05) is 92.6 Å². The van der Waals surface area contributed by atoms with E-state index in [1.807, 2.05) is 0 Å². The lowest BCUT2D eigenvalue weighted by Crippen LogP contribution is -2.37. The molecule has 0 saturated carbocycles. The van der Waals surface area contributed by atoms with Crippen LogP contribution in [0.15, 0.2) is 0 Å². The first-order chi connectivity index (χ1) is 58.7. The Kier molecular flexibility index (Phi) is 83.9. The van der Waals surface area contributed by atoms with Crippen molar-refractivity contribution in [3.05, 3.63) is 0 Å². The smallest absolute Gasteiger partial charge is 0.308 e. The van der Waals surface area contributed by atoms with Crippen LogP contribution in [0.5, 0.6) is 0 Å². The van der Waals surface area contributed by atoms with Crippen molar-refractivity contribution >= 4 is 35.8 Å². The SMILES string of the molecule is CCCCCC(CCCCC)CCOC(=O)CCCCCCCCC(CCCCCCCCC(=O)OCCC(CCCCC)CCCCCC(C)CCCC(CCCCC)CCOC(=O)CCCCCCCCC(CCCCCCCCC(=O)OCCC(CCCCC)CCCCC)C(=O)OCCCN1CCOCC1)C(=O)OCCCN(C)CC. The lowest BCUT2D eigenvalue weighted by atomic mass is 9.89. The first-order valence-corrected chi connectivity index (χ1v) is 52.7. The summed E-state index contributed by atoms with van der Waals surface area (Å²) in [5.74, 6) is 3.02. The predicted molar refractivity (Wildman–Crippen MR) is 504 cm³/mol. The van der Waals surface area contributed by atoms with Crippen molar-refractivity contribution in [3.63, 3.8) is 0 Å². The van der Waals surface area contributed by atoms with Crippen molar-refractivity contribution in [2.45, 2.75) is 505 Å². The van der Waals surface area contributed by atoms with E-state index >= 15 is 0 Å². The van der Waals surface area contributed by atoms with Crippen LogP contribution in [0.1, 0.15) is 505 Å². The minimum atomic E-state index is -0.0518. The fourth-order valence-corrected chi connectivity index (χ4v) is 17.9. The Labute approximate surface area is 742 Å². The molecule has 0 N–H and O–H groups in total. The number of ether oxygens (including phenoxy) is 7. The molecular weight excluding hydrogens is 1500 g/mol. The minimum absolute atomic E-state index is 0.0212. The van der Waals surface area contributed by atoms with Crippen molar-refractivity contribution in [1.29, 1.82) is 0 Å². The van der Waals surface area contributed by atoms with Gasteiger partial charge in [-0.15, -0.1) is 0 Å². The number of hydrogen-bond acceptors (Lipinski definition) is 15. The van der Waals surface area contributed by atoms with Crippen molar-refractivity contribution < 1.29 is 61.9 Å². The number of hydrogen-bond donors (Lipinski definition) is 0. The highest BCUT2D eigenvalue weighted by Crippen LogP contribution is 2.30. The fourth-order valence-electron chi connectivity index (χ4n) is 17.9. The molecule has 0 radical (unpaired) electrons. The van der Waals surface area contributed by atoms with E-state index in [1.54, 1.807) is 0 Å². The molecule has 0 bridgehead atoms. The highest BCUT2D eigenvalue weighted by Gasteiger charge is 2.23. The molecule has 0 aliphatic carbocycles. The second-order valence-corrected chi connectivity index (χ2v) is 37.6. The molecule has 1 fully saturated rings. The van der Waals surface area contributed by atoms with Crippen LogP contribution in [-0.4, -0.2) is 138 Å². The molecule has 1 saturated heterocycles. The standard InChI is InChI=1S/C105H200N2O13/c1-10-17-40-61-94(62-41-18-11-2)77-87-115-100(108)73-52-35-27-23-31-48-69-98(104(112)119-85-57-81-106(9)16-7)70-49-32-24-28-37-54-75-102(110)117-89-79-96(65-44-21-14-5)67-47-39-46-59-93(8)60-56-68-97(66-45-22-15-6)80-90-118-103(111)76-55-38-30-26-34-51-72-99(105(113)120-86-58-82-107-83-91-114-92-84-107)71-50-33-25-29-36-53-74-101(109)116-88-78-95(63-42-19-12-3)64-43-20-13-4/h93-99H,10-92H2,1-9H3. The van der Waals surface area contributed by atoms with Crippen LogP contribution in [0.4, 0.5) is 0 Å². The van der Waals surface area contributed by atoms with Gasteiger partial charge < -0.3 is 38.1 Å². The molecule has 0 aromatic carbocycles. The summed E-state index contributed by atoms with van der Waals surface area (Å²) in [6, 6.07) is 0. The Hall–Kier alpha value is -3.30. The quantitative estimate of drug-likeness (QED) is 0.0319. The maximum atomic E-state index is 13.5. The van der Waals surface area contributed by atoms with E-state index in [2.05, 4.69) is 72.2 Å². The molecule has 1 aliphatic rings. The molecule has 15 nitrogen and oxygen atoms in total. The van der Waals surface area contributed by atoms with Gasteiger partial charge in [0, 0.05) is 51.9 Å². The number of esters is 6. The molecule has 0 aromatic heterocycles. The molecule has 0 aromatic rings. The Morgan fingerprint density at radius 2 is 0.525 bits per heavy atom. The van der Waals surface area contributed by atoms with E-state index in [0.29, 0.717) is 89.0 Å². The van der Waals surface area contributed by atoms with E-state index < -0.39 is 0 Å². The van der Waals surface area contributed by atoms with E-state index in [1.165, 1.54) is 205 Å². The second kappa shape index (κ2) is 87.8. The summed E-state index contributed by atoms with van der Waals surface area (Å²) >= 11 is 0. The first-order valence-electron chi connectivity index (χ1n) is 52.7. The zero-order valence-electron chi connectivity index (χ0n) is 80.9. The molecule has 120 heavy (non-hydrogen) atoms. The first kappa shape index (κ1) is 115. The largest absolute Gasteiger partial charge is 0.466 e. The van der Waals surface area contributed by atoms with Crippen molar-refractivity contribution in [3.8, 4) is 0 Å². The van der Waals surface area contributed by atoms with Gasteiger partial charge >= 0.3 is 35.8 Å². The van der Waals surface area contributed by atoms with Crippen LogP contribution in [0, 0.1) is 41.4 Å². The molecule has 15 heteroatoms. The topological polar surface area (TPSA) is 174 Å². The van der Waals surface area contributed by atoms with Crippen LogP contribution < -0.4 is 0 Å². The monoisotopic (exact) mass is 1700 g/mol. The number of nitrogens with zero attached hydrogens (tertiary/aromatic N) is 2. The summed E-state index contributed by atoms with van der Waals surface area (Å²) < 4.78 is 40.4. The van der Waals surface area contributed by atoms with Crippen LogP contribution in [-0.2, 0) is 61.9 Å². The van der Waals surface area contributed by atoms with Gasteiger partial charge in [-0.1, -0.05) is 389 Å². The third-order valence-electron chi connectivity index (χ3n) is 26.4. The minimum Gasteiger partial charge on any atom is -0.466 e. The van der Waals surface area contributed by atoms with Gasteiger partial charge in [-0.3, -0.25) is 33.7 Å². The summed E-state index contributed by atoms with van der Waals surface area (Å²) in [5.41, 5.74) is 0. The van der Waals surface area contributed by atoms with Gasteiger partial charge in [-0.2, -0.15) is 0 Å². The van der Waals surface area contributed by atoms with Crippen LogP contribution >= 0.6 is 0 Å². The Balaban J connectivity index is 2.38. The number of unbranched alkanes of at least 4 members (excludes halogenated alkanes) is 34. The third-order valence-corrected chi connectivity index (χ3v) is 26.4. The van der Waals surface area contributed by atoms with Gasteiger partial charge in [-0.05, 0) is 133 Å². The van der Waals surface area contributed by atoms with Crippen molar-refractivity contribution in [1.82, 2.24) is 9.80 Å². The zero-order chi connectivity index (χ0) is 87.3. The number of carbonyl (C=O) groups is 6. The molecule has 0 spiro atoms. The highest BCUT2D eigenvalue weighted by molar-refractivity contribution is 5.73. The highest BCUT2D eigenvalue weighted by atomic mass is 16.6. The Bertz CT molecular complexity index is 2240. The molecular formula is C105H200N2O13. The normalized spacial score (nSPS) is 13.9. The summed E-state index contributed by atoms with van der Waals surface area (Å²) in [7, 11) is 2.11. The number of carbonyl (C=O) groups excluding carboxylic acids is 6. The summed E-state index contributed by atoms with van der Waals surface area (Å²) in [4.78, 5) is 82.5. The molecule has 1 rings (SSSR count). The predicted octanol–water partition coefficient (Wildman–Crippen LogP) is 29.3. The number of morpholine rings is 1. The summed E-state index contributed by atoms with van der Waals surface area (Å²) in [6.07, 6.45) is 76.7. The Morgan fingerprint density at radius 1 is 0.275 bits per heavy atom. The molecule has 5 atom stereocenters. The maximum Gasteiger partial charge on any atom is 0.308 e. The van der Waals surface area contributed by atoms with Crippen LogP contribution in [0.3, 0.4) is 0 Å². The lowest BCUT2D eigenvalue weighted by Gasteiger charge is -2.26. The summed E-state index contributed by atoms with van der Waals surface area (Å²) in [5, 5.41) is 0. The van der Waals surface area contributed by atoms with Gasteiger partial charge in [0.05, 0.1) is 64.7 Å². The molecule has 1 heterocycles. The average molecular weight is 1700 g/mol. The maximum absolute atomic E-state index is 13.5. The Morgan fingerprint density at radius 3 is 0.833 bits per heavy atom. The fraction of sp³-hybridized carbons (Fsp3) is 0.943. The second-order valence-electron chi connectivity index (χ2n) is 37.6. The third kappa shape index (κ3) is 74.9. The lowest BCUT2D eigenvalue weighted by molar-refractivity contribution is -0.150. The van der Waals surface area contributed by atoms with Gasteiger partial charge in [0.1, 0.15) is 0 Å². The van der Waals surface area contributed by atoms with Gasteiger partial charge in [-0.25, -0.2) is 0 Å². The van der Waals surface area contributed by atoms with E-state index in [0.717, 1.165) is 270 Å². The van der Waals surface area contributed by atoms with E-state index in [4.69, 9.17) is 33.2 Å². The summed E-state index contributed by atoms with van der Waals surface area (Å²) in [6.45, 7) is 27.7. The number of rotatable bonds is 93. The zero-order valence-corrected chi connectivity index (χ0v) is 80.9. The van der Waals surface area contributed by atoms with Crippen molar-refractivity contribution in [2.24, 2.45) is 41.4 Å². The average Bonchev–Trinajstić information content (AvgIpc) is 0.937.